The lowest BCUT2D eigenvalue weighted by atomic mass is 10.2. The third kappa shape index (κ3) is 4.27. The lowest BCUT2D eigenvalue weighted by molar-refractivity contribution is 0.0587. The van der Waals surface area contributed by atoms with Gasteiger partial charge >= 0.3 is 11.9 Å². The van der Waals surface area contributed by atoms with E-state index in [-0.39, 0.29) is 11.4 Å². The Labute approximate surface area is 162 Å². The maximum Gasteiger partial charge on any atom is 0.358 e. The molecule has 0 aliphatic heterocycles. The standard InChI is InChI=1S/C21H19N3O4/c1-27-20(25)18-16(22-14-9-5-3-6-10-14)13-17(19(24-18)21(26)28-2)23-15-11-7-4-8-12-15/h3-13,22-23H,1-2H3. The zero-order chi connectivity index (χ0) is 19.9. The molecule has 0 aliphatic rings. The van der Waals surface area contributed by atoms with Crippen molar-refractivity contribution < 1.29 is 19.1 Å². The van der Waals surface area contributed by atoms with E-state index in [9.17, 15) is 9.59 Å². The second-order valence-electron chi connectivity index (χ2n) is 5.75. The highest BCUT2D eigenvalue weighted by Gasteiger charge is 2.23. The van der Waals surface area contributed by atoms with Crippen molar-refractivity contribution in [3.63, 3.8) is 0 Å². The van der Waals surface area contributed by atoms with Crippen LogP contribution in [0.1, 0.15) is 21.0 Å². The number of benzene rings is 2. The first-order chi connectivity index (χ1) is 13.6. The van der Waals surface area contributed by atoms with Crippen LogP contribution in [0.4, 0.5) is 22.7 Å². The summed E-state index contributed by atoms with van der Waals surface area (Å²) in [5.74, 6) is -1.34. The summed E-state index contributed by atoms with van der Waals surface area (Å²) in [6.45, 7) is 0. The Balaban J connectivity index is 2.11. The number of rotatable bonds is 6. The molecule has 0 amide bonds. The van der Waals surface area contributed by atoms with Crippen LogP contribution in [0.15, 0.2) is 66.7 Å². The Hall–Kier alpha value is -3.87. The first kappa shape index (κ1) is 18.9. The Bertz CT molecular complexity index is 899. The average Bonchev–Trinajstić information content (AvgIpc) is 2.74. The van der Waals surface area contributed by atoms with E-state index in [0.29, 0.717) is 11.4 Å². The SMILES string of the molecule is COC(=O)c1nc(C(=O)OC)c(Nc2ccccc2)cc1Nc1ccccc1. The summed E-state index contributed by atoms with van der Waals surface area (Å²) in [4.78, 5) is 28.8. The molecule has 1 heterocycles. The van der Waals surface area contributed by atoms with Crippen LogP contribution < -0.4 is 10.6 Å². The van der Waals surface area contributed by atoms with Crippen molar-refractivity contribution >= 4 is 34.7 Å². The monoisotopic (exact) mass is 377 g/mol. The van der Waals surface area contributed by atoms with E-state index < -0.39 is 11.9 Å². The summed E-state index contributed by atoms with van der Waals surface area (Å²) in [5.41, 5.74) is 2.25. The van der Waals surface area contributed by atoms with E-state index >= 15 is 0 Å². The van der Waals surface area contributed by atoms with Gasteiger partial charge in [0.1, 0.15) is 0 Å². The third-order valence-corrected chi connectivity index (χ3v) is 3.89. The zero-order valence-electron chi connectivity index (χ0n) is 15.4. The molecular formula is C21H19N3O4. The number of para-hydroxylation sites is 2. The molecule has 2 aromatic carbocycles. The summed E-state index contributed by atoms with van der Waals surface area (Å²) >= 11 is 0. The molecule has 3 rings (SSSR count). The smallest absolute Gasteiger partial charge is 0.358 e. The maximum atomic E-state index is 12.3. The van der Waals surface area contributed by atoms with E-state index in [4.69, 9.17) is 9.47 Å². The summed E-state index contributed by atoms with van der Waals surface area (Å²) in [5, 5.41) is 6.29. The number of carbonyl (C=O) groups is 2. The van der Waals surface area contributed by atoms with Crippen LogP contribution in [0.25, 0.3) is 0 Å². The van der Waals surface area contributed by atoms with Gasteiger partial charge in [-0.1, -0.05) is 36.4 Å². The molecule has 1 aromatic heterocycles. The summed E-state index contributed by atoms with van der Waals surface area (Å²) < 4.78 is 9.65. The predicted octanol–water partition coefficient (Wildman–Crippen LogP) is 4.14. The molecule has 0 radical (unpaired) electrons. The molecule has 0 unspecified atom stereocenters. The van der Waals surface area contributed by atoms with Crippen LogP contribution in [0.3, 0.4) is 0 Å². The lowest BCUT2D eigenvalue weighted by Crippen LogP contribution is -2.15. The van der Waals surface area contributed by atoms with Crippen molar-refractivity contribution in [2.24, 2.45) is 0 Å². The van der Waals surface area contributed by atoms with Crippen molar-refractivity contribution in [3.05, 3.63) is 78.1 Å². The Kier molecular flexibility index (Phi) is 5.86. The quantitative estimate of drug-likeness (QED) is 0.624. The molecule has 2 N–H and O–H groups in total. The van der Waals surface area contributed by atoms with E-state index in [1.807, 2.05) is 60.7 Å². The number of hydrogen-bond donors (Lipinski definition) is 2. The van der Waals surface area contributed by atoms with Gasteiger partial charge in [-0.25, -0.2) is 14.6 Å². The average molecular weight is 377 g/mol. The van der Waals surface area contributed by atoms with Crippen molar-refractivity contribution in [2.75, 3.05) is 24.9 Å². The highest BCUT2D eigenvalue weighted by atomic mass is 16.5. The molecule has 0 saturated carbocycles. The normalized spacial score (nSPS) is 10.1. The highest BCUT2D eigenvalue weighted by Crippen LogP contribution is 2.29. The van der Waals surface area contributed by atoms with Crippen molar-refractivity contribution in [3.8, 4) is 0 Å². The number of pyridine rings is 1. The number of methoxy groups -OCH3 is 2. The molecule has 142 valence electrons. The fourth-order valence-corrected chi connectivity index (χ4v) is 2.56. The Morgan fingerprint density at radius 1 is 0.714 bits per heavy atom. The molecule has 3 aromatic rings. The Morgan fingerprint density at radius 3 is 1.46 bits per heavy atom. The number of anilines is 4. The minimum absolute atomic E-state index is 0.0228. The zero-order valence-corrected chi connectivity index (χ0v) is 15.4. The van der Waals surface area contributed by atoms with Crippen molar-refractivity contribution in [1.82, 2.24) is 4.98 Å². The molecule has 0 atom stereocenters. The second kappa shape index (κ2) is 8.68. The number of hydrogen-bond acceptors (Lipinski definition) is 7. The second-order valence-corrected chi connectivity index (χ2v) is 5.75. The number of nitrogens with one attached hydrogen (secondary N) is 2. The molecule has 0 spiro atoms. The molecule has 0 fully saturated rings. The Morgan fingerprint density at radius 2 is 1.11 bits per heavy atom. The van der Waals surface area contributed by atoms with Gasteiger partial charge in [-0.15, -0.1) is 0 Å². The van der Waals surface area contributed by atoms with Gasteiger partial charge in [0.25, 0.3) is 0 Å². The largest absolute Gasteiger partial charge is 0.464 e. The highest BCUT2D eigenvalue weighted by molar-refractivity contribution is 6.01. The summed E-state index contributed by atoms with van der Waals surface area (Å²) in [7, 11) is 2.51. The van der Waals surface area contributed by atoms with Crippen LogP contribution in [0, 0.1) is 0 Å². The van der Waals surface area contributed by atoms with Gasteiger partial charge < -0.3 is 20.1 Å². The van der Waals surface area contributed by atoms with E-state index in [0.717, 1.165) is 11.4 Å². The molecular weight excluding hydrogens is 358 g/mol. The van der Waals surface area contributed by atoms with Crippen molar-refractivity contribution in [1.29, 1.82) is 0 Å². The first-order valence-electron chi connectivity index (χ1n) is 8.48. The van der Waals surface area contributed by atoms with Gasteiger partial charge in [0.05, 0.1) is 25.6 Å². The molecule has 7 heteroatoms. The van der Waals surface area contributed by atoms with Gasteiger partial charge in [-0.3, -0.25) is 0 Å². The van der Waals surface area contributed by atoms with Gasteiger partial charge in [0.2, 0.25) is 0 Å². The minimum atomic E-state index is -0.671. The van der Waals surface area contributed by atoms with Gasteiger partial charge in [-0.05, 0) is 30.3 Å². The third-order valence-electron chi connectivity index (χ3n) is 3.89. The number of esters is 2. The van der Waals surface area contributed by atoms with E-state index in [1.165, 1.54) is 14.2 Å². The fraction of sp³-hybridized carbons (Fsp3) is 0.0952. The molecule has 0 bridgehead atoms. The number of nitrogens with zero attached hydrogens (tertiary/aromatic N) is 1. The maximum absolute atomic E-state index is 12.3. The van der Waals surface area contributed by atoms with Crippen molar-refractivity contribution in [2.45, 2.75) is 0 Å². The van der Waals surface area contributed by atoms with Crippen LogP contribution in [0.5, 0.6) is 0 Å². The summed E-state index contributed by atoms with van der Waals surface area (Å²) in [6.07, 6.45) is 0. The molecule has 0 saturated heterocycles. The molecule has 28 heavy (non-hydrogen) atoms. The van der Waals surface area contributed by atoms with Gasteiger partial charge in [0.15, 0.2) is 11.4 Å². The topological polar surface area (TPSA) is 89.5 Å². The van der Waals surface area contributed by atoms with Crippen LogP contribution in [-0.4, -0.2) is 31.1 Å². The van der Waals surface area contributed by atoms with Gasteiger partial charge in [-0.2, -0.15) is 0 Å². The van der Waals surface area contributed by atoms with Gasteiger partial charge in [0, 0.05) is 11.4 Å². The summed E-state index contributed by atoms with van der Waals surface area (Å²) in [6, 6.07) is 20.2. The fourth-order valence-electron chi connectivity index (χ4n) is 2.56. The minimum Gasteiger partial charge on any atom is -0.464 e. The van der Waals surface area contributed by atoms with Crippen LogP contribution >= 0.6 is 0 Å². The van der Waals surface area contributed by atoms with Crippen LogP contribution in [-0.2, 0) is 9.47 Å². The predicted molar refractivity (Wildman–Crippen MR) is 106 cm³/mol. The molecule has 0 aliphatic carbocycles. The number of carbonyl (C=O) groups excluding carboxylic acids is 2. The number of aromatic nitrogens is 1. The lowest BCUT2D eigenvalue weighted by Gasteiger charge is -2.16. The van der Waals surface area contributed by atoms with E-state index in [1.54, 1.807) is 6.07 Å². The van der Waals surface area contributed by atoms with E-state index in [2.05, 4.69) is 15.6 Å². The molecule has 7 nitrogen and oxygen atoms in total. The number of ether oxygens (including phenoxy) is 2. The first-order valence-corrected chi connectivity index (χ1v) is 8.48. The van der Waals surface area contributed by atoms with Crippen LogP contribution in [0.2, 0.25) is 0 Å².